The highest BCUT2D eigenvalue weighted by atomic mass is 16.6. The molecule has 1 N–H and O–H groups in total. The second-order valence-corrected chi connectivity index (χ2v) is 6.18. The molecule has 0 radical (unpaired) electrons. The van der Waals surface area contributed by atoms with Gasteiger partial charge in [0.2, 0.25) is 0 Å². The number of amides is 1. The van der Waals surface area contributed by atoms with Gasteiger partial charge in [0.15, 0.2) is 6.10 Å². The van der Waals surface area contributed by atoms with Gasteiger partial charge >= 0.3 is 5.97 Å². The molecule has 0 unspecified atom stereocenters. The van der Waals surface area contributed by atoms with Crippen LogP contribution in [0.5, 0.6) is 5.75 Å². The zero-order chi connectivity index (χ0) is 17.6. The first kappa shape index (κ1) is 17.5. The van der Waals surface area contributed by atoms with E-state index < -0.39 is 12.1 Å². The summed E-state index contributed by atoms with van der Waals surface area (Å²) in [5.41, 5.74) is 1.24. The Balaban J connectivity index is 1.56. The number of nitrogens with one attached hydrogen (secondary N) is 1. The first-order chi connectivity index (χ1) is 12.2. The maximum atomic E-state index is 12.4. The van der Waals surface area contributed by atoms with Gasteiger partial charge in [0, 0.05) is 18.7 Å². The number of carbonyl (C=O) groups excluding carboxylic acids is 2. The molecule has 0 spiro atoms. The number of ether oxygens (including phenoxy) is 3. The third-order valence-electron chi connectivity index (χ3n) is 4.33. The van der Waals surface area contributed by atoms with Crippen LogP contribution in [0.2, 0.25) is 0 Å². The van der Waals surface area contributed by atoms with E-state index in [-0.39, 0.29) is 18.6 Å². The fourth-order valence-corrected chi connectivity index (χ4v) is 2.89. The second-order valence-electron chi connectivity index (χ2n) is 6.18. The zero-order valence-electron chi connectivity index (χ0n) is 14.3. The highest BCUT2D eigenvalue weighted by Gasteiger charge is 2.26. The average Bonchev–Trinajstić information content (AvgIpc) is 3.17. The minimum absolute atomic E-state index is 0.0584. The van der Waals surface area contributed by atoms with E-state index in [0.717, 1.165) is 30.8 Å². The van der Waals surface area contributed by atoms with E-state index in [1.165, 1.54) is 0 Å². The van der Waals surface area contributed by atoms with E-state index >= 15 is 0 Å². The molecular weight excluding hydrogens is 322 g/mol. The molecule has 25 heavy (non-hydrogen) atoms. The Labute approximate surface area is 147 Å². The molecule has 6 heteroatoms. The third kappa shape index (κ3) is 4.39. The van der Waals surface area contributed by atoms with Crippen molar-refractivity contribution in [2.75, 3.05) is 19.8 Å². The molecule has 0 aromatic heterocycles. The lowest BCUT2D eigenvalue weighted by Crippen LogP contribution is -2.41. The van der Waals surface area contributed by atoms with Gasteiger partial charge in [-0.1, -0.05) is 25.1 Å². The average molecular weight is 345 g/mol. The summed E-state index contributed by atoms with van der Waals surface area (Å²) in [6, 6.07) is 7.47. The van der Waals surface area contributed by atoms with Crippen molar-refractivity contribution in [3.05, 3.63) is 35.4 Å². The topological polar surface area (TPSA) is 73.9 Å². The summed E-state index contributed by atoms with van der Waals surface area (Å²) in [6.07, 6.45) is 3.37. The Morgan fingerprint density at radius 2 is 2.20 bits per heavy atom. The molecule has 1 aromatic carbocycles. The highest BCUT2D eigenvalue weighted by Crippen LogP contribution is 2.26. The van der Waals surface area contributed by atoms with E-state index in [0.29, 0.717) is 18.5 Å². The number of benzene rings is 1. The fraction of sp³-hybridized carbons (Fsp3) is 0.474. The molecule has 1 saturated heterocycles. The van der Waals surface area contributed by atoms with Gasteiger partial charge in [-0.05, 0) is 31.4 Å². The molecule has 2 aliphatic heterocycles. The molecule has 1 fully saturated rings. The monoisotopic (exact) mass is 345 g/mol. The van der Waals surface area contributed by atoms with Crippen LogP contribution in [0.15, 0.2) is 29.8 Å². The summed E-state index contributed by atoms with van der Waals surface area (Å²) in [7, 11) is 0. The number of hydrogen-bond donors (Lipinski definition) is 1. The summed E-state index contributed by atoms with van der Waals surface area (Å²) in [5.74, 6) is -0.0712. The smallest absolute Gasteiger partial charge is 0.338 e. The number of esters is 1. The summed E-state index contributed by atoms with van der Waals surface area (Å²) < 4.78 is 16.4. The standard InChI is InChI=1S/C19H23NO5/c1-2-16(18(21)20-11-15-7-5-9-23-15)25-19(22)14-10-13-6-3-4-8-17(13)24-12-14/h3-4,6,8,10,15-16H,2,5,7,9,11-12H2,1H3,(H,20,21)/t15-,16+/m1/s1. The van der Waals surface area contributed by atoms with Crippen LogP contribution < -0.4 is 10.1 Å². The normalized spacial score (nSPS) is 20.0. The molecular formula is C19H23NO5. The van der Waals surface area contributed by atoms with Gasteiger partial charge in [0.25, 0.3) is 5.91 Å². The summed E-state index contributed by atoms with van der Waals surface area (Å²) in [6.45, 7) is 3.14. The van der Waals surface area contributed by atoms with Gasteiger partial charge < -0.3 is 19.5 Å². The van der Waals surface area contributed by atoms with Crippen LogP contribution >= 0.6 is 0 Å². The molecule has 2 heterocycles. The number of rotatable bonds is 6. The molecule has 0 aliphatic carbocycles. The Bertz CT molecular complexity index is 664. The summed E-state index contributed by atoms with van der Waals surface area (Å²) >= 11 is 0. The van der Waals surface area contributed by atoms with Crippen LogP contribution in [-0.2, 0) is 19.1 Å². The van der Waals surface area contributed by atoms with Crippen molar-refractivity contribution in [2.45, 2.75) is 38.4 Å². The van der Waals surface area contributed by atoms with Crippen molar-refractivity contribution in [1.82, 2.24) is 5.32 Å². The molecule has 6 nitrogen and oxygen atoms in total. The maximum Gasteiger partial charge on any atom is 0.338 e. The fourth-order valence-electron chi connectivity index (χ4n) is 2.89. The Hall–Kier alpha value is -2.34. The third-order valence-corrected chi connectivity index (χ3v) is 4.33. The van der Waals surface area contributed by atoms with E-state index in [1.807, 2.05) is 31.2 Å². The molecule has 2 atom stereocenters. The summed E-state index contributed by atoms with van der Waals surface area (Å²) in [4.78, 5) is 24.6. The van der Waals surface area contributed by atoms with Gasteiger partial charge in [-0.25, -0.2) is 4.79 Å². The Morgan fingerprint density at radius 1 is 1.36 bits per heavy atom. The quantitative estimate of drug-likeness (QED) is 0.799. The van der Waals surface area contributed by atoms with Crippen LogP contribution in [0.4, 0.5) is 0 Å². The molecule has 0 saturated carbocycles. The van der Waals surface area contributed by atoms with E-state index in [9.17, 15) is 9.59 Å². The Kier molecular flexibility index (Phi) is 5.71. The molecule has 1 aromatic rings. The first-order valence-corrected chi connectivity index (χ1v) is 8.70. The van der Waals surface area contributed by atoms with Crippen molar-refractivity contribution in [3.63, 3.8) is 0 Å². The van der Waals surface area contributed by atoms with Crippen LogP contribution in [-0.4, -0.2) is 43.8 Å². The van der Waals surface area contributed by atoms with Gasteiger partial charge in [-0.3, -0.25) is 4.79 Å². The van der Waals surface area contributed by atoms with Crippen molar-refractivity contribution in [3.8, 4) is 5.75 Å². The van der Waals surface area contributed by atoms with Crippen molar-refractivity contribution in [1.29, 1.82) is 0 Å². The van der Waals surface area contributed by atoms with Crippen molar-refractivity contribution < 1.29 is 23.8 Å². The molecule has 1 amide bonds. The summed E-state index contributed by atoms with van der Waals surface area (Å²) in [5, 5.41) is 2.81. The number of hydrogen-bond acceptors (Lipinski definition) is 5. The lowest BCUT2D eigenvalue weighted by molar-refractivity contribution is -0.152. The Morgan fingerprint density at radius 3 is 2.96 bits per heavy atom. The van der Waals surface area contributed by atoms with Crippen LogP contribution in [0.1, 0.15) is 31.7 Å². The lowest BCUT2D eigenvalue weighted by Gasteiger charge is -2.20. The van der Waals surface area contributed by atoms with E-state index in [1.54, 1.807) is 6.08 Å². The second kappa shape index (κ2) is 8.16. The van der Waals surface area contributed by atoms with Crippen LogP contribution in [0.3, 0.4) is 0 Å². The SMILES string of the molecule is CC[C@H](OC(=O)C1=Cc2ccccc2OC1)C(=O)NC[C@H]1CCCO1. The van der Waals surface area contributed by atoms with Crippen LogP contribution in [0, 0.1) is 0 Å². The van der Waals surface area contributed by atoms with Crippen molar-refractivity contribution >= 4 is 18.0 Å². The minimum Gasteiger partial charge on any atom is -0.488 e. The van der Waals surface area contributed by atoms with E-state index in [4.69, 9.17) is 14.2 Å². The molecule has 134 valence electrons. The first-order valence-electron chi connectivity index (χ1n) is 8.70. The largest absolute Gasteiger partial charge is 0.488 e. The number of fused-ring (bicyclic) bond motifs is 1. The molecule has 0 bridgehead atoms. The predicted molar refractivity (Wildman–Crippen MR) is 92.1 cm³/mol. The minimum atomic E-state index is -0.813. The zero-order valence-corrected chi connectivity index (χ0v) is 14.3. The maximum absolute atomic E-state index is 12.4. The number of carbonyl (C=O) groups is 2. The number of para-hydroxylation sites is 1. The van der Waals surface area contributed by atoms with Crippen molar-refractivity contribution in [2.24, 2.45) is 0 Å². The van der Waals surface area contributed by atoms with Crippen LogP contribution in [0.25, 0.3) is 6.08 Å². The highest BCUT2D eigenvalue weighted by molar-refractivity contribution is 5.96. The van der Waals surface area contributed by atoms with Gasteiger partial charge in [-0.2, -0.15) is 0 Å². The molecule has 3 rings (SSSR count). The van der Waals surface area contributed by atoms with Gasteiger partial charge in [0.1, 0.15) is 12.4 Å². The molecule has 2 aliphatic rings. The van der Waals surface area contributed by atoms with Gasteiger partial charge in [-0.15, -0.1) is 0 Å². The van der Waals surface area contributed by atoms with Gasteiger partial charge in [0.05, 0.1) is 11.7 Å². The predicted octanol–water partition coefficient (Wildman–Crippen LogP) is 2.08. The van der Waals surface area contributed by atoms with E-state index in [2.05, 4.69) is 5.32 Å². The lowest BCUT2D eigenvalue weighted by atomic mass is 10.1.